The molecule has 1 aromatic carbocycles. The number of benzene rings is 1. The topological polar surface area (TPSA) is 97.7 Å². The first kappa shape index (κ1) is 19.6. The summed E-state index contributed by atoms with van der Waals surface area (Å²) in [4.78, 5) is 16.2. The van der Waals surface area contributed by atoms with Crippen molar-refractivity contribution in [3.8, 4) is 22.5 Å². The van der Waals surface area contributed by atoms with Gasteiger partial charge in [-0.1, -0.05) is 0 Å². The Kier molecular flexibility index (Phi) is 5.23. The lowest BCUT2D eigenvalue weighted by Crippen LogP contribution is -2.27. The molecular weight excluding hydrogens is 394 g/mol. The van der Waals surface area contributed by atoms with Gasteiger partial charge in [0.1, 0.15) is 17.3 Å². The molecule has 154 valence electrons. The number of carbonyl (C=O) groups is 1. The Balaban J connectivity index is 1.72. The number of amides is 1. The lowest BCUT2D eigenvalue weighted by atomic mass is 10.0. The number of nitrogens with one attached hydrogen (secondary N) is 2. The highest BCUT2D eigenvalue weighted by Crippen LogP contribution is 2.31. The molecule has 4 aromatic rings. The maximum Gasteiger partial charge on any atom is 0.251 e. The van der Waals surface area contributed by atoms with Crippen molar-refractivity contribution in [3.63, 3.8) is 0 Å². The van der Waals surface area contributed by atoms with Gasteiger partial charge >= 0.3 is 0 Å². The largest absolute Gasteiger partial charge is 0.383 e. The molecule has 2 N–H and O–H groups in total. The van der Waals surface area contributed by atoms with Crippen LogP contribution in [-0.4, -0.2) is 51.1 Å². The molecule has 0 aliphatic carbocycles. The summed E-state index contributed by atoms with van der Waals surface area (Å²) >= 11 is 0. The molecule has 3 aromatic heterocycles. The molecule has 1 amide bonds. The number of nitrogens with zero attached hydrogens (tertiary/aromatic N) is 4. The molecule has 0 aliphatic heterocycles. The van der Waals surface area contributed by atoms with E-state index in [-0.39, 0.29) is 23.4 Å². The fraction of sp³-hybridized carbons (Fsp3) is 0.200. The Bertz CT molecular complexity index is 1210. The third-order valence-corrected chi connectivity index (χ3v) is 4.58. The number of hydrogen-bond acceptors (Lipinski definition) is 5. The van der Waals surface area contributed by atoms with Crippen LogP contribution < -0.4 is 5.32 Å². The number of ether oxygens (including phenoxy) is 1. The first-order valence-corrected chi connectivity index (χ1v) is 9.07. The van der Waals surface area contributed by atoms with Gasteiger partial charge in [-0.05, 0) is 18.2 Å². The van der Waals surface area contributed by atoms with Crippen LogP contribution in [-0.2, 0) is 11.8 Å². The average Bonchev–Trinajstić information content (AvgIpc) is 3.33. The lowest BCUT2D eigenvalue weighted by molar-refractivity contribution is 0.0936. The van der Waals surface area contributed by atoms with Crippen LogP contribution in [0.3, 0.4) is 0 Å². The number of aromatic amines is 1. The summed E-state index contributed by atoms with van der Waals surface area (Å²) in [5.74, 6) is -2.36. The molecule has 0 unspecified atom stereocenters. The standard InChI is InChI=1S/C20H18F2N6O2/c1-28-10-12(8-25-28)19-13-7-16(24-9-17(13)26-27-19)18-14(21)5-11(6-15(18)22)20(29)23-3-4-30-2/h5-10H,3-4H2,1-2H3,(H,23,29)(H,26,27). The van der Waals surface area contributed by atoms with E-state index in [9.17, 15) is 13.6 Å². The Morgan fingerprint density at radius 2 is 2.00 bits per heavy atom. The van der Waals surface area contributed by atoms with E-state index in [1.165, 1.54) is 13.3 Å². The van der Waals surface area contributed by atoms with Crippen LogP contribution in [0.15, 0.2) is 36.8 Å². The summed E-state index contributed by atoms with van der Waals surface area (Å²) in [6.07, 6.45) is 4.89. The first-order valence-electron chi connectivity index (χ1n) is 9.07. The molecule has 0 spiro atoms. The maximum absolute atomic E-state index is 14.8. The SMILES string of the molecule is COCCNC(=O)c1cc(F)c(-c2cc3c(-c4cnn(C)c4)n[nH]c3cn2)c(F)c1. The van der Waals surface area contributed by atoms with Crippen molar-refractivity contribution in [1.29, 1.82) is 0 Å². The van der Waals surface area contributed by atoms with Crippen LogP contribution in [0.2, 0.25) is 0 Å². The number of fused-ring (bicyclic) bond motifs is 1. The number of hydrogen-bond donors (Lipinski definition) is 2. The van der Waals surface area contributed by atoms with E-state index in [1.54, 1.807) is 30.2 Å². The first-order chi connectivity index (χ1) is 14.5. The van der Waals surface area contributed by atoms with Crippen LogP contribution in [0.5, 0.6) is 0 Å². The zero-order chi connectivity index (χ0) is 21.3. The van der Waals surface area contributed by atoms with E-state index in [0.29, 0.717) is 23.2 Å². The molecule has 4 rings (SSSR count). The van der Waals surface area contributed by atoms with E-state index in [4.69, 9.17) is 4.74 Å². The summed E-state index contributed by atoms with van der Waals surface area (Å²) < 4.78 is 36.0. The van der Waals surface area contributed by atoms with Crippen LogP contribution in [0.1, 0.15) is 10.4 Å². The zero-order valence-electron chi connectivity index (χ0n) is 16.2. The van der Waals surface area contributed by atoms with E-state index >= 15 is 0 Å². The average molecular weight is 412 g/mol. The highest BCUT2D eigenvalue weighted by molar-refractivity contribution is 5.96. The Labute approximate surface area is 169 Å². The monoisotopic (exact) mass is 412 g/mol. The molecule has 0 fully saturated rings. The maximum atomic E-state index is 14.8. The predicted molar refractivity (Wildman–Crippen MR) is 106 cm³/mol. The van der Waals surface area contributed by atoms with Crippen molar-refractivity contribution < 1.29 is 18.3 Å². The van der Waals surface area contributed by atoms with Crippen molar-refractivity contribution in [3.05, 3.63) is 54.0 Å². The van der Waals surface area contributed by atoms with Gasteiger partial charge in [-0.3, -0.25) is 19.6 Å². The molecular formula is C20H18F2N6O2. The third-order valence-electron chi connectivity index (χ3n) is 4.58. The van der Waals surface area contributed by atoms with Gasteiger partial charge in [-0.25, -0.2) is 8.78 Å². The summed E-state index contributed by atoms with van der Waals surface area (Å²) in [6, 6.07) is 3.54. The van der Waals surface area contributed by atoms with Gasteiger partial charge in [0.25, 0.3) is 5.91 Å². The van der Waals surface area contributed by atoms with Crippen molar-refractivity contribution in [2.45, 2.75) is 0 Å². The summed E-state index contributed by atoms with van der Waals surface area (Å²) in [7, 11) is 3.27. The second-order valence-corrected chi connectivity index (χ2v) is 6.65. The summed E-state index contributed by atoms with van der Waals surface area (Å²) in [6.45, 7) is 0.527. The van der Waals surface area contributed by atoms with Crippen molar-refractivity contribution in [1.82, 2.24) is 30.3 Å². The van der Waals surface area contributed by atoms with E-state index in [2.05, 4.69) is 25.6 Å². The van der Waals surface area contributed by atoms with Gasteiger partial charge in [-0.2, -0.15) is 10.2 Å². The number of carbonyl (C=O) groups excluding carboxylic acids is 1. The third kappa shape index (κ3) is 3.64. The van der Waals surface area contributed by atoms with Gasteiger partial charge in [0.2, 0.25) is 0 Å². The van der Waals surface area contributed by atoms with Crippen LogP contribution in [0, 0.1) is 11.6 Å². The van der Waals surface area contributed by atoms with Crippen LogP contribution in [0.25, 0.3) is 33.4 Å². The lowest BCUT2D eigenvalue weighted by Gasteiger charge is -2.09. The molecule has 10 heteroatoms. The highest BCUT2D eigenvalue weighted by atomic mass is 19.1. The molecule has 0 saturated heterocycles. The van der Waals surface area contributed by atoms with Crippen molar-refractivity contribution in [2.24, 2.45) is 7.05 Å². The number of aryl methyl sites for hydroxylation is 1. The number of H-pyrrole nitrogens is 1. The van der Waals surface area contributed by atoms with E-state index in [0.717, 1.165) is 17.7 Å². The molecule has 8 nitrogen and oxygen atoms in total. The van der Waals surface area contributed by atoms with Gasteiger partial charge in [0.15, 0.2) is 0 Å². The summed E-state index contributed by atoms with van der Waals surface area (Å²) in [5.41, 5.74) is 1.62. The minimum Gasteiger partial charge on any atom is -0.383 e. The van der Waals surface area contributed by atoms with Crippen LogP contribution in [0.4, 0.5) is 8.78 Å². The Morgan fingerprint density at radius 3 is 2.67 bits per heavy atom. The van der Waals surface area contributed by atoms with Gasteiger partial charge < -0.3 is 10.1 Å². The normalized spacial score (nSPS) is 11.2. The molecule has 0 radical (unpaired) electrons. The molecule has 0 atom stereocenters. The second kappa shape index (κ2) is 7.99. The Hall–Kier alpha value is -3.66. The van der Waals surface area contributed by atoms with Gasteiger partial charge in [-0.15, -0.1) is 0 Å². The second-order valence-electron chi connectivity index (χ2n) is 6.65. The number of halogens is 2. The number of rotatable bonds is 6. The Morgan fingerprint density at radius 1 is 1.23 bits per heavy atom. The fourth-order valence-electron chi connectivity index (χ4n) is 3.13. The minimum atomic E-state index is -0.884. The summed E-state index contributed by atoms with van der Waals surface area (Å²) in [5, 5.41) is 14.4. The number of pyridine rings is 1. The smallest absolute Gasteiger partial charge is 0.251 e. The molecule has 0 saturated carbocycles. The molecule has 0 aliphatic rings. The quantitative estimate of drug-likeness (QED) is 0.475. The molecule has 3 heterocycles. The minimum absolute atomic E-state index is 0.0929. The molecule has 0 bridgehead atoms. The number of methoxy groups -OCH3 is 1. The predicted octanol–water partition coefficient (Wildman–Crippen LogP) is 2.68. The number of aromatic nitrogens is 5. The fourth-order valence-corrected chi connectivity index (χ4v) is 3.13. The van der Waals surface area contributed by atoms with Crippen molar-refractivity contribution >= 4 is 16.8 Å². The van der Waals surface area contributed by atoms with Crippen LogP contribution >= 0.6 is 0 Å². The van der Waals surface area contributed by atoms with E-state index in [1.807, 2.05) is 0 Å². The highest BCUT2D eigenvalue weighted by Gasteiger charge is 2.19. The van der Waals surface area contributed by atoms with Gasteiger partial charge in [0, 0.05) is 43.4 Å². The zero-order valence-corrected chi connectivity index (χ0v) is 16.2. The van der Waals surface area contributed by atoms with Crippen molar-refractivity contribution in [2.75, 3.05) is 20.3 Å². The van der Waals surface area contributed by atoms with Gasteiger partial charge in [0.05, 0.1) is 35.8 Å². The van der Waals surface area contributed by atoms with E-state index < -0.39 is 17.5 Å². The molecule has 30 heavy (non-hydrogen) atoms.